The zero-order valence-corrected chi connectivity index (χ0v) is 10.8. The normalized spacial score (nSPS) is 12.2. The molecule has 0 bridgehead atoms. The lowest BCUT2D eigenvalue weighted by Gasteiger charge is -2.07. The molecule has 1 aromatic carbocycles. The van der Waals surface area contributed by atoms with Gasteiger partial charge in [-0.1, -0.05) is 5.16 Å². The van der Waals surface area contributed by atoms with Crippen LogP contribution in [0.2, 0.25) is 0 Å². The maximum atomic E-state index is 11.8. The Morgan fingerprint density at radius 3 is 3.00 bits per heavy atom. The van der Waals surface area contributed by atoms with Gasteiger partial charge < -0.3 is 24.6 Å². The molecule has 104 valence electrons. The van der Waals surface area contributed by atoms with Crippen LogP contribution in [-0.4, -0.2) is 18.0 Å². The monoisotopic (exact) mass is 275 g/mol. The molecule has 20 heavy (non-hydrogen) atoms. The van der Waals surface area contributed by atoms with E-state index in [-0.39, 0.29) is 12.8 Å². The highest BCUT2D eigenvalue weighted by atomic mass is 16.7. The second-order valence-electron chi connectivity index (χ2n) is 4.28. The molecule has 0 fully saturated rings. The Morgan fingerprint density at radius 2 is 2.20 bits per heavy atom. The number of hydrogen-bond acceptors (Lipinski definition) is 5. The molecular weight excluding hydrogens is 262 g/mol. The summed E-state index contributed by atoms with van der Waals surface area (Å²) in [5.74, 6) is 1.99. The van der Waals surface area contributed by atoms with Crippen molar-refractivity contribution in [2.75, 3.05) is 12.1 Å². The summed E-state index contributed by atoms with van der Waals surface area (Å²) in [6.45, 7) is 2.35. The number of ether oxygens (including phenoxy) is 2. The van der Waals surface area contributed by atoms with Crippen molar-refractivity contribution in [1.29, 1.82) is 0 Å². The van der Waals surface area contributed by atoms with Crippen molar-refractivity contribution in [3.63, 3.8) is 0 Å². The molecule has 0 radical (unpaired) electrons. The molecule has 1 aliphatic heterocycles. The molecule has 1 aliphatic rings. The van der Waals surface area contributed by atoms with E-state index < -0.39 is 0 Å². The van der Waals surface area contributed by atoms with Gasteiger partial charge in [0.15, 0.2) is 11.5 Å². The summed E-state index contributed by atoms with van der Waals surface area (Å²) in [6.07, 6.45) is 1.58. The highest BCUT2D eigenvalue weighted by Gasteiger charge is 2.14. The Hall–Kier alpha value is -2.70. The molecule has 1 aromatic heterocycles. The minimum atomic E-state index is -0.315. The molecule has 2 amide bonds. The lowest BCUT2D eigenvalue weighted by molar-refractivity contribution is 0.174. The molecular formula is C13H13N3O4. The van der Waals surface area contributed by atoms with Gasteiger partial charge in [-0.3, -0.25) is 0 Å². The van der Waals surface area contributed by atoms with Crippen LogP contribution < -0.4 is 20.1 Å². The predicted octanol–water partition coefficient (Wildman–Crippen LogP) is 2.03. The standard InChI is InChI=1S/C13H13N3O4/c1-8-9(6-15-20-8)5-14-13(17)16-10-2-3-11-12(4-10)19-7-18-11/h2-4,6H,5,7H2,1H3,(H2,14,16,17). The van der Waals surface area contributed by atoms with E-state index in [2.05, 4.69) is 15.8 Å². The summed E-state index contributed by atoms with van der Waals surface area (Å²) in [7, 11) is 0. The summed E-state index contributed by atoms with van der Waals surface area (Å²) in [5, 5.41) is 9.08. The van der Waals surface area contributed by atoms with Crippen LogP contribution in [0.3, 0.4) is 0 Å². The van der Waals surface area contributed by atoms with E-state index in [4.69, 9.17) is 14.0 Å². The summed E-state index contributed by atoms with van der Waals surface area (Å²) in [5.41, 5.74) is 1.47. The van der Waals surface area contributed by atoms with Gasteiger partial charge in [0.2, 0.25) is 6.79 Å². The Bertz CT molecular complexity index is 638. The number of urea groups is 1. The molecule has 3 rings (SSSR count). The van der Waals surface area contributed by atoms with Crippen LogP contribution in [0.15, 0.2) is 28.9 Å². The van der Waals surface area contributed by atoms with Crippen LogP contribution in [0, 0.1) is 6.92 Å². The molecule has 7 nitrogen and oxygen atoms in total. The number of nitrogens with zero attached hydrogens (tertiary/aromatic N) is 1. The van der Waals surface area contributed by atoms with Crippen LogP contribution in [0.4, 0.5) is 10.5 Å². The minimum Gasteiger partial charge on any atom is -0.454 e. The number of hydrogen-bond donors (Lipinski definition) is 2. The van der Waals surface area contributed by atoms with Gasteiger partial charge in [0, 0.05) is 23.9 Å². The first-order valence-electron chi connectivity index (χ1n) is 6.07. The predicted molar refractivity (Wildman–Crippen MR) is 69.7 cm³/mol. The first-order valence-corrected chi connectivity index (χ1v) is 6.07. The lowest BCUT2D eigenvalue weighted by Crippen LogP contribution is -2.28. The number of aryl methyl sites for hydroxylation is 1. The average Bonchev–Trinajstić information content (AvgIpc) is 3.04. The topological polar surface area (TPSA) is 85.6 Å². The molecule has 0 saturated heterocycles. The third-order valence-electron chi connectivity index (χ3n) is 2.92. The van der Waals surface area contributed by atoms with Crippen molar-refractivity contribution in [3.05, 3.63) is 35.7 Å². The van der Waals surface area contributed by atoms with Crippen molar-refractivity contribution in [3.8, 4) is 11.5 Å². The van der Waals surface area contributed by atoms with Gasteiger partial charge in [-0.2, -0.15) is 0 Å². The number of fused-ring (bicyclic) bond motifs is 1. The molecule has 0 spiro atoms. The van der Waals surface area contributed by atoms with Gasteiger partial charge >= 0.3 is 6.03 Å². The van der Waals surface area contributed by atoms with Gasteiger partial charge in [-0.15, -0.1) is 0 Å². The fourth-order valence-corrected chi connectivity index (χ4v) is 1.81. The van der Waals surface area contributed by atoms with E-state index in [0.717, 1.165) is 5.56 Å². The zero-order valence-electron chi connectivity index (χ0n) is 10.8. The number of anilines is 1. The fourth-order valence-electron chi connectivity index (χ4n) is 1.81. The Morgan fingerprint density at radius 1 is 1.35 bits per heavy atom. The molecule has 2 heterocycles. The Balaban J connectivity index is 1.58. The Kier molecular flexibility index (Phi) is 3.16. The van der Waals surface area contributed by atoms with Crippen molar-refractivity contribution in [1.82, 2.24) is 10.5 Å². The highest BCUT2D eigenvalue weighted by molar-refractivity contribution is 5.89. The zero-order chi connectivity index (χ0) is 13.9. The van der Waals surface area contributed by atoms with E-state index in [1.165, 1.54) is 0 Å². The maximum absolute atomic E-state index is 11.8. The molecule has 0 atom stereocenters. The lowest BCUT2D eigenvalue weighted by atomic mass is 10.2. The molecule has 0 aliphatic carbocycles. The van der Waals surface area contributed by atoms with E-state index in [9.17, 15) is 4.79 Å². The number of nitrogens with one attached hydrogen (secondary N) is 2. The second kappa shape index (κ2) is 5.12. The molecule has 2 aromatic rings. The van der Waals surface area contributed by atoms with Gasteiger partial charge in [0.25, 0.3) is 0 Å². The molecule has 0 saturated carbocycles. The number of benzene rings is 1. The number of carbonyl (C=O) groups excluding carboxylic acids is 1. The van der Waals surface area contributed by atoms with Crippen LogP contribution >= 0.6 is 0 Å². The Labute approximate surface area is 114 Å². The van der Waals surface area contributed by atoms with Crippen LogP contribution in [0.1, 0.15) is 11.3 Å². The maximum Gasteiger partial charge on any atom is 0.319 e. The van der Waals surface area contributed by atoms with Crippen molar-refractivity contribution >= 4 is 11.7 Å². The molecule has 0 unspecified atom stereocenters. The molecule has 2 N–H and O–H groups in total. The van der Waals surface area contributed by atoms with E-state index >= 15 is 0 Å². The van der Waals surface area contributed by atoms with Crippen molar-refractivity contribution in [2.24, 2.45) is 0 Å². The van der Waals surface area contributed by atoms with Gasteiger partial charge in [-0.05, 0) is 19.1 Å². The average molecular weight is 275 g/mol. The smallest absolute Gasteiger partial charge is 0.319 e. The summed E-state index contributed by atoms with van der Waals surface area (Å²) in [4.78, 5) is 11.8. The van der Waals surface area contributed by atoms with Gasteiger partial charge in [0.1, 0.15) is 5.76 Å². The minimum absolute atomic E-state index is 0.206. The second-order valence-corrected chi connectivity index (χ2v) is 4.28. The first kappa shape index (κ1) is 12.3. The number of rotatable bonds is 3. The third kappa shape index (κ3) is 2.51. The molecule has 7 heteroatoms. The fraction of sp³-hybridized carbons (Fsp3) is 0.231. The number of amides is 2. The highest BCUT2D eigenvalue weighted by Crippen LogP contribution is 2.34. The van der Waals surface area contributed by atoms with E-state index in [1.807, 2.05) is 0 Å². The van der Waals surface area contributed by atoms with Crippen LogP contribution in [-0.2, 0) is 6.54 Å². The van der Waals surface area contributed by atoms with E-state index in [0.29, 0.717) is 29.5 Å². The van der Waals surface area contributed by atoms with Crippen molar-refractivity contribution in [2.45, 2.75) is 13.5 Å². The summed E-state index contributed by atoms with van der Waals surface area (Å²) in [6, 6.07) is 4.90. The van der Waals surface area contributed by atoms with Gasteiger partial charge in [0.05, 0.1) is 6.20 Å². The SMILES string of the molecule is Cc1oncc1CNC(=O)Nc1ccc2c(c1)OCO2. The number of carbonyl (C=O) groups is 1. The largest absolute Gasteiger partial charge is 0.454 e. The quantitative estimate of drug-likeness (QED) is 0.895. The first-order chi connectivity index (χ1) is 9.72. The van der Waals surface area contributed by atoms with Crippen molar-refractivity contribution < 1.29 is 18.8 Å². The van der Waals surface area contributed by atoms with Crippen LogP contribution in [0.5, 0.6) is 11.5 Å². The van der Waals surface area contributed by atoms with Gasteiger partial charge in [-0.25, -0.2) is 4.79 Å². The third-order valence-corrected chi connectivity index (χ3v) is 2.92. The van der Waals surface area contributed by atoms with E-state index in [1.54, 1.807) is 31.3 Å². The van der Waals surface area contributed by atoms with Crippen LogP contribution in [0.25, 0.3) is 0 Å². The number of aromatic nitrogens is 1. The summed E-state index contributed by atoms with van der Waals surface area (Å²) < 4.78 is 15.4. The summed E-state index contributed by atoms with van der Waals surface area (Å²) >= 11 is 0.